The quantitative estimate of drug-likeness (QED) is 0.726. The first-order valence-electron chi connectivity index (χ1n) is 7.50. The van der Waals surface area contributed by atoms with Crippen LogP contribution in [0.4, 0.5) is 5.13 Å². The summed E-state index contributed by atoms with van der Waals surface area (Å²) >= 11 is 1.69. The van der Waals surface area contributed by atoms with Crippen LogP contribution in [0, 0.1) is 13.8 Å². The van der Waals surface area contributed by atoms with Crippen molar-refractivity contribution < 1.29 is 4.74 Å². The van der Waals surface area contributed by atoms with Crippen molar-refractivity contribution in [3.63, 3.8) is 0 Å². The lowest BCUT2D eigenvalue weighted by atomic mass is 10.1. The third kappa shape index (κ3) is 2.92. The molecule has 3 rings (SSSR count). The SMILES string of the molecule is CCOc1c(C)cc(C)c2sc(NCc3ccccc3)nc12. The van der Waals surface area contributed by atoms with Crippen LogP contribution in [0.15, 0.2) is 36.4 Å². The molecule has 0 saturated heterocycles. The van der Waals surface area contributed by atoms with Gasteiger partial charge in [0.25, 0.3) is 0 Å². The molecule has 1 heterocycles. The molecule has 1 aromatic heterocycles. The van der Waals surface area contributed by atoms with E-state index < -0.39 is 0 Å². The maximum absolute atomic E-state index is 5.80. The molecule has 0 aliphatic rings. The number of hydrogen-bond donors (Lipinski definition) is 1. The van der Waals surface area contributed by atoms with Gasteiger partial charge in [0.1, 0.15) is 11.3 Å². The maximum atomic E-state index is 5.80. The molecular formula is C18H20N2OS. The Kier molecular flexibility index (Phi) is 4.29. The molecule has 0 aliphatic carbocycles. The van der Waals surface area contributed by atoms with Crippen LogP contribution in [0.3, 0.4) is 0 Å². The van der Waals surface area contributed by atoms with Crippen molar-refractivity contribution in [2.24, 2.45) is 0 Å². The van der Waals surface area contributed by atoms with E-state index >= 15 is 0 Å². The fourth-order valence-electron chi connectivity index (χ4n) is 2.56. The Hall–Kier alpha value is -2.07. The van der Waals surface area contributed by atoms with Gasteiger partial charge in [-0.3, -0.25) is 0 Å². The monoisotopic (exact) mass is 312 g/mol. The topological polar surface area (TPSA) is 34.1 Å². The predicted molar refractivity (Wildman–Crippen MR) is 94.0 cm³/mol. The molecule has 0 radical (unpaired) electrons. The second kappa shape index (κ2) is 6.36. The molecule has 0 fully saturated rings. The normalized spacial score (nSPS) is 10.9. The highest BCUT2D eigenvalue weighted by molar-refractivity contribution is 7.22. The highest BCUT2D eigenvalue weighted by Crippen LogP contribution is 2.37. The third-order valence-corrected chi connectivity index (χ3v) is 4.72. The molecule has 3 aromatic rings. The summed E-state index contributed by atoms with van der Waals surface area (Å²) < 4.78 is 7.00. The Morgan fingerprint density at radius 3 is 2.64 bits per heavy atom. The summed E-state index contributed by atoms with van der Waals surface area (Å²) in [6.07, 6.45) is 0. The van der Waals surface area contributed by atoms with Crippen LogP contribution in [0.2, 0.25) is 0 Å². The van der Waals surface area contributed by atoms with E-state index in [1.807, 2.05) is 13.0 Å². The summed E-state index contributed by atoms with van der Waals surface area (Å²) in [6.45, 7) is 7.65. The molecule has 22 heavy (non-hydrogen) atoms. The van der Waals surface area contributed by atoms with Gasteiger partial charge in [0.05, 0.1) is 11.3 Å². The second-order valence-electron chi connectivity index (χ2n) is 5.31. The second-order valence-corrected chi connectivity index (χ2v) is 6.31. The molecule has 0 amide bonds. The van der Waals surface area contributed by atoms with Crippen LogP contribution in [-0.4, -0.2) is 11.6 Å². The number of nitrogens with one attached hydrogen (secondary N) is 1. The number of anilines is 1. The third-order valence-electron chi connectivity index (χ3n) is 3.57. The van der Waals surface area contributed by atoms with Crippen molar-refractivity contribution >= 4 is 26.7 Å². The van der Waals surface area contributed by atoms with Crippen LogP contribution >= 0.6 is 11.3 Å². The molecule has 0 saturated carbocycles. The number of ether oxygens (including phenoxy) is 1. The summed E-state index contributed by atoms with van der Waals surface area (Å²) in [5, 5.41) is 4.36. The Bertz CT molecular complexity index is 781. The summed E-state index contributed by atoms with van der Waals surface area (Å²) in [5.41, 5.74) is 4.62. The first-order valence-corrected chi connectivity index (χ1v) is 8.32. The van der Waals surface area contributed by atoms with Gasteiger partial charge in [-0.05, 0) is 37.5 Å². The standard InChI is InChI=1S/C18H20N2OS/c1-4-21-16-12(2)10-13(3)17-15(16)20-18(22-17)19-11-14-8-6-5-7-9-14/h5-10H,4,11H2,1-3H3,(H,19,20). The summed E-state index contributed by atoms with van der Waals surface area (Å²) in [7, 11) is 0. The number of nitrogens with zero attached hydrogens (tertiary/aromatic N) is 1. The van der Waals surface area contributed by atoms with Gasteiger partial charge in [0.15, 0.2) is 5.13 Å². The average Bonchev–Trinajstić information content (AvgIpc) is 2.95. The van der Waals surface area contributed by atoms with Gasteiger partial charge in [-0.15, -0.1) is 0 Å². The molecule has 3 nitrogen and oxygen atoms in total. The largest absolute Gasteiger partial charge is 0.491 e. The van der Waals surface area contributed by atoms with Crippen LogP contribution in [0.25, 0.3) is 10.2 Å². The van der Waals surface area contributed by atoms with E-state index in [-0.39, 0.29) is 0 Å². The minimum atomic E-state index is 0.656. The lowest BCUT2D eigenvalue weighted by Crippen LogP contribution is -1.98. The van der Waals surface area contributed by atoms with E-state index in [2.05, 4.69) is 49.5 Å². The molecule has 0 unspecified atom stereocenters. The van der Waals surface area contributed by atoms with E-state index in [0.29, 0.717) is 6.61 Å². The number of hydrogen-bond acceptors (Lipinski definition) is 4. The van der Waals surface area contributed by atoms with Crippen molar-refractivity contribution in [1.29, 1.82) is 0 Å². The fourth-order valence-corrected chi connectivity index (χ4v) is 3.49. The Morgan fingerprint density at radius 1 is 1.14 bits per heavy atom. The van der Waals surface area contributed by atoms with E-state index in [9.17, 15) is 0 Å². The van der Waals surface area contributed by atoms with Crippen molar-refractivity contribution in [3.05, 3.63) is 53.1 Å². The van der Waals surface area contributed by atoms with Gasteiger partial charge in [-0.2, -0.15) is 0 Å². The summed E-state index contributed by atoms with van der Waals surface area (Å²) in [6, 6.07) is 12.5. The average molecular weight is 312 g/mol. The Balaban J connectivity index is 1.92. The molecule has 0 aliphatic heterocycles. The van der Waals surface area contributed by atoms with Crippen molar-refractivity contribution in [1.82, 2.24) is 4.98 Å². The number of aryl methyl sites for hydroxylation is 2. The Labute approximate surface area is 135 Å². The minimum absolute atomic E-state index is 0.656. The minimum Gasteiger partial charge on any atom is -0.491 e. The van der Waals surface area contributed by atoms with E-state index in [0.717, 1.165) is 28.5 Å². The zero-order chi connectivity index (χ0) is 15.5. The lowest BCUT2D eigenvalue weighted by molar-refractivity contribution is 0.341. The zero-order valence-corrected chi connectivity index (χ0v) is 14.0. The summed E-state index contributed by atoms with van der Waals surface area (Å²) in [4.78, 5) is 4.75. The first kappa shape index (κ1) is 14.9. The molecule has 2 aromatic carbocycles. The number of benzene rings is 2. The van der Waals surface area contributed by atoms with Gasteiger partial charge in [-0.1, -0.05) is 47.7 Å². The molecule has 0 atom stereocenters. The van der Waals surface area contributed by atoms with Crippen LogP contribution in [0.5, 0.6) is 5.75 Å². The van der Waals surface area contributed by atoms with Gasteiger partial charge >= 0.3 is 0 Å². The van der Waals surface area contributed by atoms with Gasteiger partial charge in [-0.25, -0.2) is 4.98 Å². The zero-order valence-electron chi connectivity index (χ0n) is 13.1. The van der Waals surface area contributed by atoms with Gasteiger partial charge in [0, 0.05) is 6.54 Å². The molecule has 0 spiro atoms. The number of aromatic nitrogens is 1. The first-order chi connectivity index (χ1) is 10.7. The maximum Gasteiger partial charge on any atom is 0.184 e. The Morgan fingerprint density at radius 2 is 1.91 bits per heavy atom. The molecular weight excluding hydrogens is 292 g/mol. The number of thiazole rings is 1. The van der Waals surface area contributed by atoms with E-state index in [4.69, 9.17) is 9.72 Å². The number of fused-ring (bicyclic) bond motifs is 1. The van der Waals surface area contributed by atoms with Crippen LogP contribution in [-0.2, 0) is 6.54 Å². The molecule has 114 valence electrons. The molecule has 1 N–H and O–H groups in total. The van der Waals surface area contributed by atoms with Crippen molar-refractivity contribution in [3.8, 4) is 5.75 Å². The number of rotatable bonds is 5. The van der Waals surface area contributed by atoms with Crippen molar-refractivity contribution in [2.75, 3.05) is 11.9 Å². The predicted octanol–water partition coefficient (Wildman–Crippen LogP) is 4.92. The highest BCUT2D eigenvalue weighted by atomic mass is 32.1. The van der Waals surface area contributed by atoms with Crippen LogP contribution < -0.4 is 10.1 Å². The smallest absolute Gasteiger partial charge is 0.184 e. The fraction of sp³-hybridized carbons (Fsp3) is 0.278. The van der Waals surface area contributed by atoms with E-state index in [1.54, 1.807) is 11.3 Å². The van der Waals surface area contributed by atoms with Gasteiger partial charge in [0.2, 0.25) is 0 Å². The lowest BCUT2D eigenvalue weighted by Gasteiger charge is -2.08. The van der Waals surface area contributed by atoms with Crippen LogP contribution in [0.1, 0.15) is 23.6 Å². The molecule has 0 bridgehead atoms. The van der Waals surface area contributed by atoms with Gasteiger partial charge < -0.3 is 10.1 Å². The molecule has 4 heteroatoms. The highest BCUT2D eigenvalue weighted by Gasteiger charge is 2.14. The van der Waals surface area contributed by atoms with E-state index in [1.165, 1.54) is 15.8 Å². The van der Waals surface area contributed by atoms with Crippen molar-refractivity contribution in [2.45, 2.75) is 27.3 Å². The summed E-state index contributed by atoms with van der Waals surface area (Å²) in [5.74, 6) is 0.909.